The normalized spacial score (nSPS) is 10.8. The van der Waals surface area contributed by atoms with E-state index in [1.807, 2.05) is 36.4 Å². The molecule has 2 nitrogen and oxygen atoms in total. The molecule has 0 atom stereocenters. The van der Waals surface area contributed by atoms with Gasteiger partial charge in [-0.2, -0.15) is 0 Å². The van der Waals surface area contributed by atoms with Gasteiger partial charge in [0, 0.05) is 0 Å². The third-order valence-corrected chi connectivity index (χ3v) is 3.14. The van der Waals surface area contributed by atoms with Gasteiger partial charge in [-0.15, -0.1) is 0 Å². The van der Waals surface area contributed by atoms with Crippen LogP contribution in [0, 0.1) is 0 Å². The Kier molecular flexibility index (Phi) is 4.72. The van der Waals surface area contributed by atoms with E-state index >= 15 is 0 Å². The van der Waals surface area contributed by atoms with E-state index in [-0.39, 0.29) is 0 Å². The second-order valence-electron chi connectivity index (χ2n) is 4.72. The summed E-state index contributed by atoms with van der Waals surface area (Å²) in [5.41, 5.74) is 3.45. The molecule has 0 fully saturated rings. The maximum absolute atomic E-state index is 11.1. The van der Waals surface area contributed by atoms with Crippen molar-refractivity contribution in [2.75, 3.05) is 0 Å². The van der Waals surface area contributed by atoms with E-state index in [0.29, 0.717) is 5.56 Å². The van der Waals surface area contributed by atoms with Crippen LogP contribution in [0.2, 0.25) is 0 Å². The van der Waals surface area contributed by atoms with Crippen molar-refractivity contribution < 1.29 is 9.90 Å². The smallest absolute Gasteiger partial charge is 0.336 e. The number of rotatable bonds is 5. The van der Waals surface area contributed by atoms with Crippen molar-refractivity contribution in [2.45, 2.75) is 19.8 Å². The lowest BCUT2D eigenvalue weighted by molar-refractivity contribution is 0.0696. The minimum absolute atomic E-state index is 0.327. The summed E-state index contributed by atoms with van der Waals surface area (Å²) in [6, 6.07) is 15.3. The molecule has 0 aliphatic carbocycles. The summed E-state index contributed by atoms with van der Waals surface area (Å²) in [6.45, 7) is 2.16. The van der Waals surface area contributed by atoms with Crippen molar-refractivity contribution in [3.63, 3.8) is 0 Å². The number of aryl methyl sites for hydroxylation is 1. The first-order chi connectivity index (χ1) is 9.70. The summed E-state index contributed by atoms with van der Waals surface area (Å²) in [4.78, 5) is 11.1. The SMILES string of the molecule is CCCc1cccc(C=Cc2ccccc2C(=O)O)c1. The average Bonchev–Trinajstić information content (AvgIpc) is 2.46. The summed E-state index contributed by atoms with van der Waals surface area (Å²) in [7, 11) is 0. The second-order valence-corrected chi connectivity index (χ2v) is 4.72. The van der Waals surface area contributed by atoms with Gasteiger partial charge in [-0.05, 0) is 29.2 Å². The van der Waals surface area contributed by atoms with E-state index in [0.717, 1.165) is 24.0 Å². The molecule has 20 heavy (non-hydrogen) atoms. The van der Waals surface area contributed by atoms with E-state index in [2.05, 4.69) is 19.1 Å². The van der Waals surface area contributed by atoms with Gasteiger partial charge < -0.3 is 5.11 Å². The highest BCUT2D eigenvalue weighted by atomic mass is 16.4. The van der Waals surface area contributed by atoms with Crippen LogP contribution in [0.25, 0.3) is 12.2 Å². The number of hydrogen-bond acceptors (Lipinski definition) is 1. The fraction of sp³-hybridized carbons (Fsp3) is 0.167. The van der Waals surface area contributed by atoms with Crippen LogP contribution < -0.4 is 0 Å². The van der Waals surface area contributed by atoms with E-state index in [1.165, 1.54) is 5.56 Å². The van der Waals surface area contributed by atoms with Crippen molar-refractivity contribution in [3.8, 4) is 0 Å². The first kappa shape index (κ1) is 14.1. The molecule has 0 heterocycles. The molecule has 0 radical (unpaired) electrons. The zero-order valence-electron chi connectivity index (χ0n) is 11.5. The van der Waals surface area contributed by atoms with Gasteiger partial charge in [0.1, 0.15) is 0 Å². The number of carboxylic acids is 1. The van der Waals surface area contributed by atoms with Gasteiger partial charge in [0.15, 0.2) is 0 Å². The molecule has 0 unspecified atom stereocenters. The monoisotopic (exact) mass is 266 g/mol. The molecule has 2 rings (SSSR count). The highest BCUT2D eigenvalue weighted by Crippen LogP contribution is 2.15. The molecular weight excluding hydrogens is 248 g/mol. The van der Waals surface area contributed by atoms with Crippen LogP contribution >= 0.6 is 0 Å². The van der Waals surface area contributed by atoms with Crippen molar-refractivity contribution in [2.24, 2.45) is 0 Å². The van der Waals surface area contributed by atoms with E-state index in [4.69, 9.17) is 5.11 Å². The van der Waals surface area contributed by atoms with Crippen LogP contribution in [-0.2, 0) is 6.42 Å². The van der Waals surface area contributed by atoms with E-state index in [9.17, 15) is 4.79 Å². The van der Waals surface area contributed by atoms with Gasteiger partial charge in [-0.1, -0.05) is 68.0 Å². The molecule has 2 heteroatoms. The van der Waals surface area contributed by atoms with Gasteiger partial charge >= 0.3 is 5.97 Å². The zero-order chi connectivity index (χ0) is 14.4. The molecule has 1 N–H and O–H groups in total. The Morgan fingerprint density at radius 1 is 1.10 bits per heavy atom. The molecule has 0 amide bonds. The Labute approximate surface area is 119 Å². The summed E-state index contributed by atoms with van der Waals surface area (Å²) in [5.74, 6) is -0.898. The van der Waals surface area contributed by atoms with Crippen LogP contribution in [0.5, 0.6) is 0 Å². The minimum Gasteiger partial charge on any atom is -0.478 e. The van der Waals surface area contributed by atoms with Crippen molar-refractivity contribution in [1.29, 1.82) is 0 Å². The first-order valence-electron chi connectivity index (χ1n) is 6.80. The lowest BCUT2D eigenvalue weighted by Crippen LogP contribution is -1.98. The Hall–Kier alpha value is -2.35. The largest absolute Gasteiger partial charge is 0.478 e. The predicted molar refractivity (Wildman–Crippen MR) is 82.8 cm³/mol. The molecule has 0 bridgehead atoms. The average molecular weight is 266 g/mol. The number of carbonyl (C=O) groups is 1. The predicted octanol–water partition coefficient (Wildman–Crippen LogP) is 4.51. The molecule has 0 aliphatic rings. The number of hydrogen-bond donors (Lipinski definition) is 1. The molecule has 0 spiro atoms. The van der Waals surface area contributed by atoms with E-state index in [1.54, 1.807) is 12.1 Å². The molecule has 0 saturated carbocycles. The third-order valence-electron chi connectivity index (χ3n) is 3.14. The Morgan fingerprint density at radius 2 is 1.90 bits per heavy atom. The molecule has 0 saturated heterocycles. The van der Waals surface area contributed by atoms with Gasteiger partial charge in [0.25, 0.3) is 0 Å². The molecule has 0 aliphatic heterocycles. The van der Waals surface area contributed by atoms with Gasteiger partial charge in [0.2, 0.25) is 0 Å². The van der Waals surface area contributed by atoms with E-state index < -0.39 is 5.97 Å². The van der Waals surface area contributed by atoms with Crippen molar-refractivity contribution in [3.05, 3.63) is 70.8 Å². The molecule has 2 aromatic carbocycles. The second kappa shape index (κ2) is 6.71. The third kappa shape index (κ3) is 3.58. The number of benzene rings is 2. The summed E-state index contributed by atoms with van der Waals surface area (Å²) >= 11 is 0. The van der Waals surface area contributed by atoms with Crippen LogP contribution in [0.3, 0.4) is 0 Å². The molecule has 2 aromatic rings. The summed E-state index contributed by atoms with van der Waals surface area (Å²) in [6.07, 6.45) is 6.00. The highest BCUT2D eigenvalue weighted by Gasteiger charge is 2.05. The summed E-state index contributed by atoms with van der Waals surface area (Å²) in [5, 5.41) is 9.14. The minimum atomic E-state index is -0.898. The quantitative estimate of drug-likeness (QED) is 0.808. The van der Waals surface area contributed by atoms with Gasteiger partial charge in [-0.3, -0.25) is 0 Å². The fourth-order valence-corrected chi connectivity index (χ4v) is 2.16. The molecular formula is C18H18O2. The number of carboxylic acid groups (broad SMARTS) is 1. The van der Waals surface area contributed by atoms with Gasteiger partial charge in [0.05, 0.1) is 5.56 Å². The van der Waals surface area contributed by atoms with Crippen LogP contribution in [0.4, 0.5) is 0 Å². The topological polar surface area (TPSA) is 37.3 Å². The Balaban J connectivity index is 2.25. The maximum Gasteiger partial charge on any atom is 0.336 e. The Morgan fingerprint density at radius 3 is 2.65 bits per heavy atom. The molecule has 0 aromatic heterocycles. The Bertz CT molecular complexity index is 627. The van der Waals surface area contributed by atoms with Crippen molar-refractivity contribution >= 4 is 18.1 Å². The number of aromatic carboxylic acids is 1. The fourth-order valence-electron chi connectivity index (χ4n) is 2.16. The lowest BCUT2D eigenvalue weighted by Gasteiger charge is -2.02. The van der Waals surface area contributed by atoms with Crippen molar-refractivity contribution in [1.82, 2.24) is 0 Å². The lowest BCUT2D eigenvalue weighted by atomic mass is 10.0. The van der Waals surface area contributed by atoms with Crippen LogP contribution in [0.1, 0.15) is 40.4 Å². The summed E-state index contributed by atoms with van der Waals surface area (Å²) < 4.78 is 0. The first-order valence-corrected chi connectivity index (χ1v) is 6.80. The van der Waals surface area contributed by atoms with Gasteiger partial charge in [-0.25, -0.2) is 4.79 Å². The highest BCUT2D eigenvalue weighted by molar-refractivity contribution is 5.93. The van der Waals surface area contributed by atoms with Crippen LogP contribution in [0.15, 0.2) is 48.5 Å². The van der Waals surface area contributed by atoms with Crippen LogP contribution in [-0.4, -0.2) is 11.1 Å². The molecule has 102 valence electrons. The maximum atomic E-state index is 11.1. The zero-order valence-corrected chi connectivity index (χ0v) is 11.5. The standard InChI is InChI=1S/C18H18O2/c1-2-6-14-7-5-8-15(13-14)11-12-16-9-3-4-10-17(16)18(19)20/h3-5,7-13H,2,6H2,1H3,(H,19,20).